The van der Waals surface area contributed by atoms with E-state index in [9.17, 15) is 0 Å². The molecule has 1 aliphatic rings. The topological polar surface area (TPSA) is 72.7 Å². The number of aliphatic hydroxyl groups excluding tert-OH is 3. The summed E-state index contributed by atoms with van der Waals surface area (Å²) in [5.41, 5.74) is 0.282. The molecule has 4 N–H and O–H groups in total. The Kier molecular flexibility index (Phi) is 4.12. The Morgan fingerprint density at radius 3 is 2.46 bits per heavy atom. The van der Waals surface area contributed by atoms with Gasteiger partial charge >= 0.3 is 0 Å². The SMILES string of the molecule is OCCC1(CNC[C@H](O)CO)CC1. The lowest BCUT2D eigenvalue weighted by molar-refractivity contribution is 0.0927. The lowest BCUT2D eigenvalue weighted by atomic mass is 10.0. The normalized spacial score (nSPS) is 21.5. The Morgan fingerprint density at radius 1 is 1.31 bits per heavy atom. The van der Waals surface area contributed by atoms with Crippen molar-refractivity contribution in [2.75, 3.05) is 26.3 Å². The van der Waals surface area contributed by atoms with E-state index in [1.165, 1.54) is 0 Å². The quantitative estimate of drug-likeness (QED) is 0.418. The summed E-state index contributed by atoms with van der Waals surface area (Å²) in [5.74, 6) is 0. The minimum Gasteiger partial charge on any atom is -0.396 e. The van der Waals surface area contributed by atoms with E-state index in [0.717, 1.165) is 25.8 Å². The molecule has 13 heavy (non-hydrogen) atoms. The predicted molar refractivity (Wildman–Crippen MR) is 49.3 cm³/mol. The summed E-state index contributed by atoms with van der Waals surface area (Å²) in [6, 6.07) is 0. The van der Waals surface area contributed by atoms with Crippen molar-refractivity contribution < 1.29 is 15.3 Å². The van der Waals surface area contributed by atoms with Crippen LogP contribution >= 0.6 is 0 Å². The Hall–Kier alpha value is -0.160. The Balaban J connectivity index is 2.05. The van der Waals surface area contributed by atoms with Gasteiger partial charge in [0.1, 0.15) is 0 Å². The molecular weight excluding hydrogens is 170 g/mol. The van der Waals surface area contributed by atoms with Crippen molar-refractivity contribution in [3.63, 3.8) is 0 Å². The van der Waals surface area contributed by atoms with E-state index in [4.69, 9.17) is 15.3 Å². The van der Waals surface area contributed by atoms with Gasteiger partial charge in [-0.25, -0.2) is 0 Å². The first-order valence-corrected chi connectivity index (χ1v) is 4.83. The summed E-state index contributed by atoms with van der Waals surface area (Å²) in [7, 11) is 0. The number of hydrogen-bond donors (Lipinski definition) is 4. The number of nitrogens with one attached hydrogen (secondary N) is 1. The van der Waals surface area contributed by atoms with Gasteiger partial charge in [0, 0.05) is 19.7 Å². The first kappa shape index (κ1) is 10.9. The number of aliphatic hydroxyl groups is 3. The van der Waals surface area contributed by atoms with Gasteiger partial charge in [0.15, 0.2) is 0 Å². The van der Waals surface area contributed by atoms with Crippen molar-refractivity contribution in [2.45, 2.75) is 25.4 Å². The fourth-order valence-electron chi connectivity index (χ4n) is 1.50. The van der Waals surface area contributed by atoms with Crippen LogP contribution in [0.4, 0.5) is 0 Å². The summed E-state index contributed by atoms with van der Waals surface area (Å²) in [5, 5.41) is 29.5. The van der Waals surface area contributed by atoms with Crippen molar-refractivity contribution in [2.24, 2.45) is 5.41 Å². The fraction of sp³-hybridized carbons (Fsp3) is 1.00. The maximum Gasteiger partial charge on any atom is 0.0894 e. The lowest BCUT2D eigenvalue weighted by Gasteiger charge is -2.15. The van der Waals surface area contributed by atoms with Crippen LogP contribution in [0.25, 0.3) is 0 Å². The molecule has 0 radical (unpaired) electrons. The van der Waals surface area contributed by atoms with Crippen LogP contribution in [0.2, 0.25) is 0 Å². The van der Waals surface area contributed by atoms with Gasteiger partial charge in [-0.2, -0.15) is 0 Å². The summed E-state index contributed by atoms with van der Waals surface area (Å²) in [6.07, 6.45) is 2.51. The fourth-order valence-corrected chi connectivity index (χ4v) is 1.50. The molecule has 0 aliphatic heterocycles. The second-order valence-corrected chi connectivity index (χ2v) is 3.94. The van der Waals surface area contributed by atoms with Gasteiger partial charge in [0.2, 0.25) is 0 Å². The van der Waals surface area contributed by atoms with E-state index in [2.05, 4.69) is 5.32 Å². The van der Waals surface area contributed by atoms with E-state index in [1.54, 1.807) is 0 Å². The molecular formula is C9H19NO3. The first-order valence-electron chi connectivity index (χ1n) is 4.83. The van der Waals surface area contributed by atoms with Crippen molar-refractivity contribution in [1.29, 1.82) is 0 Å². The zero-order valence-corrected chi connectivity index (χ0v) is 7.87. The number of hydrogen-bond acceptors (Lipinski definition) is 4. The van der Waals surface area contributed by atoms with Gasteiger partial charge in [-0.3, -0.25) is 0 Å². The average molecular weight is 189 g/mol. The van der Waals surface area contributed by atoms with Crippen molar-refractivity contribution in [3.05, 3.63) is 0 Å². The first-order chi connectivity index (χ1) is 6.22. The minimum absolute atomic E-state index is 0.194. The van der Waals surface area contributed by atoms with Gasteiger partial charge in [0.05, 0.1) is 12.7 Å². The van der Waals surface area contributed by atoms with Gasteiger partial charge in [-0.05, 0) is 24.7 Å². The second kappa shape index (κ2) is 4.91. The smallest absolute Gasteiger partial charge is 0.0894 e. The van der Waals surface area contributed by atoms with E-state index in [0.29, 0.717) is 6.54 Å². The van der Waals surface area contributed by atoms with Crippen LogP contribution in [0.1, 0.15) is 19.3 Å². The van der Waals surface area contributed by atoms with E-state index >= 15 is 0 Å². The summed E-state index contributed by atoms with van der Waals surface area (Å²) >= 11 is 0. The van der Waals surface area contributed by atoms with Gasteiger partial charge in [-0.1, -0.05) is 0 Å². The molecule has 4 heteroatoms. The van der Waals surface area contributed by atoms with E-state index in [-0.39, 0.29) is 18.6 Å². The third-order valence-corrected chi connectivity index (χ3v) is 2.69. The molecule has 0 aromatic heterocycles. The average Bonchev–Trinajstić information content (AvgIpc) is 2.86. The molecule has 0 aromatic carbocycles. The Labute approximate surface area is 78.6 Å². The molecule has 0 heterocycles. The highest BCUT2D eigenvalue weighted by molar-refractivity contribution is 4.94. The molecule has 78 valence electrons. The van der Waals surface area contributed by atoms with Gasteiger partial charge < -0.3 is 20.6 Å². The largest absolute Gasteiger partial charge is 0.396 e. The Morgan fingerprint density at radius 2 is 2.00 bits per heavy atom. The molecule has 0 spiro atoms. The zero-order chi connectivity index (χ0) is 9.73. The molecule has 4 nitrogen and oxygen atoms in total. The van der Waals surface area contributed by atoms with Crippen LogP contribution in [0, 0.1) is 5.41 Å². The summed E-state index contributed by atoms with van der Waals surface area (Å²) in [4.78, 5) is 0. The maximum atomic E-state index is 9.04. The van der Waals surface area contributed by atoms with E-state index < -0.39 is 6.10 Å². The lowest BCUT2D eigenvalue weighted by Crippen LogP contribution is -2.33. The maximum absolute atomic E-state index is 9.04. The molecule has 0 bridgehead atoms. The molecule has 0 saturated heterocycles. The number of rotatable bonds is 7. The molecule has 1 rings (SSSR count). The van der Waals surface area contributed by atoms with Crippen LogP contribution in [-0.4, -0.2) is 47.7 Å². The van der Waals surface area contributed by atoms with Crippen LogP contribution < -0.4 is 5.32 Å². The summed E-state index contributed by atoms with van der Waals surface area (Å²) < 4.78 is 0. The highest BCUT2D eigenvalue weighted by atomic mass is 16.3. The molecule has 1 saturated carbocycles. The second-order valence-electron chi connectivity index (χ2n) is 3.94. The molecule has 0 unspecified atom stereocenters. The molecule has 0 aromatic rings. The standard InChI is InChI=1S/C9H19NO3/c11-4-3-9(1-2-9)7-10-5-8(13)6-12/h8,10-13H,1-7H2/t8-/m0/s1. The van der Waals surface area contributed by atoms with Crippen molar-refractivity contribution in [1.82, 2.24) is 5.32 Å². The third-order valence-electron chi connectivity index (χ3n) is 2.69. The molecule has 1 atom stereocenters. The molecule has 1 fully saturated rings. The van der Waals surface area contributed by atoms with Crippen LogP contribution in [0.5, 0.6) is 0 Å². The Bertz CT molecular complexity index is 148. The molecule has 0 amide bonds. The highest BCUT2D eigenvalue weighted by Gasteiger charge is 2.41. The van der Waals surface area contributed by atoms with Crippen LogP contribution in [-0.2, 0) is 0 Å². The van der Waals surface area contributed by atoms with Crippen LogP contribution in [0.15, 0.2) is 0 Å². The van der Waals surface area contributed by atoms with Gasteiger partial charge in [0.25, 0.3) is 0 Å². The monoisotopic (exact) mass is 189 g/mol. The summed E-state index contributed by atoms with van der Waals surface area (Å²) in [6.45, 7) is 1.32. The highest BCUT2D eigenvalue weighted by Crippen LogP contribution is 2.47. The van der Waals surface area contributed by atoms with Crippen molar-refractivity contribution >= 4 is 0 Å². The van der Waals surface area contributed by atoms with E-state index in [1.807, 2.05) is 0 Å². The van der Waals surface area contributed by atoms with Gasteiger partial charge in [-0.15, -0.1) is 0 Å². The zero-order valence-electron chi connectivity index (χ0n) is 7.87. The van der Waals surface area contributed by atoms with Crippen LogP contribution in [0.3, 0.4) is 0 Å². The van der Waals surface area contributed by atoms with Crippen molar-refractivity contribution in [3.8, 4) is 0 Å². The predicted octanol–water partition coefficient (Wildman–Crippen LogP) is -0.908. The minimum atomic E-state index is -0.662. The third kappa shape index (κ3) is 3.60. The molecule has 1 aliphatic carbocycles.